The normalized spacial score (nSPS) is 30.2. The molecule has 6 rings (SSSR count). The van der Waals surface area contributed by atoms with Crippen LogP contribution in [0.15, 0.2) is 0 Å². The van der Waals surface area contributed by atoms with Gasteiger partial charge in [0.15, 0.2) is 0 Å². The molecule has 0 nitrogen and oxygen atoms in total. The summed E-state index contributed by atoms with van der Waals surface area (Å²) in [5.74, 6) is 0. The van der Waals surface area contributed by atoms with Crippen LogP contribution in [0.1, 0.15) is 161 Å². The van der Waals surface area contributed by atoms with Gasteiger partial charge >= 0.3 is 220 Å². The van der Waals surface area contributed by atoms with Crippen molar-refractivity contribution in [2.75, 3.05) is 0 Å². The predicted molar refractivity (Wildman–Crippen MR) is 154 cm³/mol. The van der Waals surface area contributed by atoms with E-state index in [1.165, 1.54) is 32.1 Å². The van der Waals surface area contributed by atoms with Crippen molar-refractivity contribution in [3.63, 3.8) is 0 Å². The Morgan fingerprint density at radius 2 is 0.471 bits per heavy atom. The van der Waals surface area contributed by atoms with E-state index >= 15 is 0 Å². The second-order valence-electron chi connectivity index (χ2n) is 14.6. The fourth-order valence-electron chi connectivity index (χ4n) is 13.1. The summed E-state index contributed by atoms with van der Waals surface area (Å²) >= 11 is -4.21. The Morgan fingerprint density at radius 3 is 0.618 bits per heavy atom. The third-order valence-electron chi connectivity index (χ3n) is 13.9. The van der Waals surface area contributed by atoms with Crippen LogP contribution in [-0.2, 0) is 0 Å². The van der Waals surface area contributed by atoms with E-state index in [0.717, 1.165) is 0 Å². The van der Waals surface area contributed by atoms with E-state index < -0.39 is 26.5 Å². The van der Waals surface area contributed by atoms with Gasteiger partial charge in [0.1, 0.15) is 0 Å². The molecule has 6 aliphatic carbocycles. The molecule has 2 heteroatoms. The third-order valence-corrected chi connectivity index (χ3v) is 56.1. The Balaban J connectivity index is 1.52. The van der Waals surface area contributed by atoms with Gasteiger partial charge in [-0.2, -0.15) is 0 Å². The molecule has 0 N–H and O–H groups in total. The monoisotopic (exact) mass is 590 g/mol. The molecule has 0 spiro atoms. The maximum atomic E-state index is 3.16. The van der Waals surface area contributed by atoms with Gasteiger partial charge < -0.3 is 0 Å². The van der Waals surface area contributed by atoms with Crippen molar-refractivity contribution < 1.29 is 0 Å². The average Bonchev–Trinajstić information content (AvgIpc) is 3.71. The zero-order valence-electron chi connectivity index (χ0n) is 23.0. The Hall–Kier alpha value is 1.09. The molecule has 0 bridgehead atoms. The van der Waals surface area contributed by atoms with Crippen LogP contribution >= 0.6 is 0 Å². The van der Waals surface area contributed by atoms with Gasteiger partial charge in [0.05, 0.1) is 0 Å². The summed E-state index contributed by atoms with van der Waals surface area (Å²) in [6.07, 6.45) is 40.1. The van der Waals surface area contributed by atoms with Crippen LogP contribution in [0.2, 0.25) is 32.1 Å². The van der Waals surface area contributed by atoms with Crippen LogP contribution in [0.5, 0.6) is 0 Å². The second-order valence-corrected chi connectivity index (χ2v) is 39.5. The SMILES string of the molecule is C[CH]([Ge]([CH]1CCCC1)([CH]1CCCC1)[CH]1CCCC1)[Ge]([CH]1CCCC1)([CH]1CCCC1)[CH]1CCCC1. The quantitative estimate of drug-likeness (QED) is 0.248. The first-order valence-corrected chi connectivity index (χ1v) is 26.5. The van der Waals surface area contributed by atoms with Crippen molar-refractivity contribution in [3.05, 3.63) is 0 Å². The van der Waals surface area contributed by atoms with Gasteiger partial charge in [-0.3, -0.25) is 0 Å². The molecule has 34 heavy (non-hydrogen) atoms. The third kappa shape index (κ3) is 4.11. The molecular weight excluding hydrogens is 530 g/mol. The number of hydrogen-bond donors (Lipinski definition) is 0. The molecular formula is C32H58Ge2. The van der Waals surface area contributed by atoms with E-state index in [0.29, 0.717) is 0 Å². The van der Waals surface area contributed by atoms with Crippen LogP contribution in [0.3, 0.4) is 0 Å². The van der Waals surface area contributed by atoms with E-state index in [9.17, 15) is 0 Å². The zero-order chi connectivity index (χ0) is 23.0. The van der Waals surface area contributed by atoms with Gasteiger partial charge in [0, 0.05) is 0 Å². The minimum absolute atomic E-state index is 1.32. The molecule has 0 atom stereocenters. The minimum atomic E-state index is -2.10. The molecule has 194 valence electrons. The van der Waals surface area contributed by atoms with Gasteiger partial charge in [0.2, 0.25) is 0 Å². The van der Waals surface area contributed by atoms with Crippen LogP contribution in [0, 0.1) is 0 Å². The summed E-state index contributed by atoms with van der Waals surface area (Å²) in [5.41, 5.74) is 0. The van der Waals surface area contributed by atoms with Gasteiger partial charge in [-0.15, -0.1) is 0 Å². The van der Waals surface area contributed by atoms with E-state index in [1.807, 2.05) is 0 Å². The second kappa shape index (κ2) is 11.1. The van der Waals surface area contributed by atoms with Gasteiger partial charge in [-0.05, 0) is 0 Å². The van der Waals surface area contributed by atoms with Gasteiger partial charge in [-0.25, -0.2) is 0 Å². The van der Waals surface area contributed by atoms with E-state index in [1.54, 1.807) is 154 Å². The molecule has 0 saturated heterocycles. The molecule has 6 saturated carbocycles. The number of hydrogen-bond acceptors (Lipinski definition) is 0. The van der Waals surface area contributed by atoms with Crippen LogP contribution < -0.4 is 0 Å². The molecule has 0 radical (unpaired) electrons. The molecule has 0 unspecified atom stereocenters. The molecule has 6 aliphatic rings. The van der Waals surface area contributed by atoms with Crippen molar-refractivity contribution in [2.24, 2.45) is 0 Å². The summed E-state index contributed by atoms with van der Waals surface area (Å²) < 4.78 is 9.27. The molecule has 0 aromatic heterocycles. The predicted octanol–water partition coefficient (Wildman–Crippen LogP) is 11.5. The topological polar surface area (TPSA) is 0 Å². The summed E-state index contributed by atoms with van der Waals surface area (Å²) in [6.45, 7) is 3.16. The summed E-state index contributed by atoms with van der Waals surface area (Å²) in [6, 6.07) is 0. The van der Waals surface area contributed by atoms with Crippen LogP contribution in [-0.4, -0.2) is 26.5 Å². The summed E-state index contributed by atoms with van der Waals surface area (Å²) in [7, 11) is 0. The first-order valence-electron chi connectivity index (χ1n) is 16.8. The van der Waals surface area contributed by atoms with Crippen molar-refractivity contribution in [1.29, 1.82) is 0 Å². The molecule has 0 aromatic carbocycles. The molecule has 6 fully saturated rings. The molecule has 0 amide bonds. The average molecular weight is 588 g/mol. The summed E-state index contributed by atoms with van der Waals surface area (Å²) in [5, 5.41) is 0. The van der Waals surface area contributed by atoms with Crippen molar-refractivity contribution in [3.8, 4) is 0 Å². The Labute approximate surface area is 218 Å². The van der Waals surface area contributed by atoms with E-state index in [4.69, 9.17) is 0 Å². The fraction of sp³-hybridized carbons (Fsp3) is 1.00. The van der Waals surface area contributed by atoms with Crippen molar-refractivity contribution >= 4 is 26.5 Å². The Bertz CT molecular complexity index is 498. The van der Waals surface area contributed by atoms with Crippen LogP contribution in [0.25, 0.3) is 0 Å². The van der Waals surface area contributed by atoms with Gasteiger partial charge in [0.25, 0.3) is 0 Å². The molecule has 0 heterocycles. The Morgan fingerprint density at radius 1 is 0.324 bits per heavy atom. The molecule has 0 aromatic rings. The van der Waals surface area contributed by atoms with E-state index in [-0.39, 0.29) is 0 Å². The Kier molecular flexibility index (Phi) is 8.25. The first-order chi connectivity index (χ1) is 16.8. The zero-order valence-corrected chi connectivity index (χ0v) is 27.2. The van der Waals surface area contributed by atoms with Crippen molar-refractivity contribution in [1.82, 2.24) is 0 Å². The maximum absolute atomic E-state index is 3.16. The fourth-order valence-corrected chi connectivity index (χ4v) is 74.8. The summed E-state index contributed by atoms with van der Waals surface area (Å²) in [4.78, 5) is 0. The molecule has 0 aliphatic heterocycles. The standard InChI is InChI=1S/C32H58Ge2/c1-26(33(27-14-2-3-15-27,28-16-4-5-17-28)29-18-6-7-19-29)34(30-20-8-9-21-30,31-22-10-11-23-31)32-24-12-13-25-32/h26-32H,2-25H2,1H3. The van der Waals surface area contributed by atoms with E-state index in [2.05, 4.69) is 6.92 Å². The first kappa shape index (κ1) is 25.4. The van der Waals surface area contributed by atoms with Crippen LogP contribution in [0.4, 0.5) is 0 Å². The number of rotatable bonds is 8. The van der Waals surface area contributed by atoms with Gasteiger partial charge in [-0.1, -0.05) is 0 Å². The van der Waals surface area contributed by atoms with Crippen molar-refractivity contribution in [2.45, 2.75) is 193 Å².